The number of anilines is 1. The molecule has 0 saturated carbocycles. The number of carbonyl (C=O) groups is 1. The third kappa shape index (κ3) is 3.51. The topological polar surface area (TPSA) is 122 Å². The van der Waals surface area contributed by atoms with Gasteiger partial charge in [-0.05, 0) is 29.8 Å². The van der Waals surface area contributed by atoms with Crippen molar-refractivity contribution in [2.24, 2.45) is 5.11 Å². The summed E-state index contributed by atoms with van der Waals surface area (Å²) in [5.74, 6) is -0.451. The van der Waals surface area contributed by atoms with Gasteiger partial charge in [-0.2, -0.15) is 5.10 Å². The zero-order valence-corrected chi connectivity index (χ0v) is 14.5. The van der Waals surface area contributed by atoms with Gasteiger partial charge in [0.25, 0.3) is 0 Å². The van der Waals surface area contributed by atoms with Crippen LogP contribution in [0.25, 0.3) is 21.9 Å². The standard InChI is InChI=1S/C17H14FN7O3/c18-15-6-12(25-9-13(7-20-23-19)28-17(25)26)2-3-14(15)16-22-11(10-27-16)8-24-5-1-4-21-24/h1-6,10,13H,7-9H2/t13-/m0/s1. The van der Waals surface area contributed by atoms with Crippen LogP contribution in [-0.2, 0) is 11.3 Å². The maximum Gasteiger partial charge on any atom is 0.414 e. The monoisotopic (exact) mass is 383 g/mol. The molecular formula is C17H14FN7O3. The van der Waals surface area contributed by atoms with Crippen molar-refractivity contribution in [1.29, 1.82) is 0 Å². The fraction of sp³-hybridized carbons (Fsp3) is 0.235. The zero-order valence-electron chi connectivity index (χ0n) is 14.5. The molecule has 3 heterocycles. The first-order chi connectivity index (χ1) is 13.6. The lowest BCUT2D eigenvalue weighted by atomic mass is 10.1. The van der Waals surface area contributed by atoms with Gasteiger partial charge in [0.1, 0.15) is 23.9 Å². The highest BCUT2D eigenvalue weighted by Gasteiger charge is 2.32. The zero-order chi connectivity index (χ0) is 19.5. The van der Waals surface area contributed by atoms with Crippen molar-refractivity contribution >= 4 is 11.8 Å². The Labute approximate surface area is 157 Å². The minimum absolute atomic E-state index is 0.0225. The van der Waals surface area contributed by atoms with Crippen LogP contribution in [0.1, 0.15) is 5.69 Å². The Kier molecular flexibility index (Phi) is 4.65. The summed E-state index contributed by atoms with van der Waals surface area (Å²) in [6.45, 7) is 0.598. The number of halogens is 1. The summed E-state index contributed by atoms with van der Waals surface area (Å²) in [6, 6.07) is 6.07. The Morgan fingerprint density at radius 2 is 2.32 bits per heavy atom. The number of ether oxygens (including phenoxy) is 1. The molecule has 0 bridgehead atoms. The predicted octanol–water partition coefficient (Wildman–Crippen LogP) is 3.36. The number of aromatic nitrogens is 3. The van der Waals surface area contributed by atoms with E-state index >= 15 is 0 Å². The van der Waals surface area contributed by atoms with Gasteiger partial charge < -0.3 is 9.15 Å². The van der Waals surface area contributed by atoms with E-state index in [2.05, 4.69) is 20.1 Å². The summed E-state index contributed by atoms with van der Waals surface area (Å²) in [5, 5.41) is 7.48. The highest BCUT2D eigenvalue weighted by molar-refractivity contribution is 5.90. The lowest BCUT2D eigenvalue weighted by Gasteiger charge is -2.13. The first kappa shape index (κ1) is 17.6. The summed E-state index contributed by atoms with van der Waals surface area (Å²) in [5.41, 5.74) is 9.47. The van der Waals surface area contributed by atoms with Gasteiger partial charge >= 0.3 is 6.09 Å². The van der Waals surface area contributed by atoms with Crippen molar-refractivity contribution in [3.05, 3.63) is 64.9 Å². The van der Waals surface area contributed by atoms with E-state index in [1.165, 1.54) is 23.3 Å². The molecule has 1 fully saturated rings. The van der Waals surface area contributed by atoms with Crippen molar-refractivity contribution in [2.45, 2.75) is 12.6 Å². The van der Waals surface area contributed by atoms with E-state index in [-0.39, 0.29) is 24.5 Å². The second-order valence-electron chi connectivity index (χ2n) is 6.04. The Balaban J connectivity index is 1.51. The van der Waals surface area contributed by atoms with Gasteiger partial charge in [-0.15, -0.1) is 0 Å². The van der Waals surface area contributed by atoms with Gasteiger partial charge in [0.05, 0.1) is 30.9 Å². The SMILES string of the molecule is [N-]=[N+]=NC[C@H]1CN(c2ccc(-c3nc(Cn4cccn4)co3)c(F)c2)C(=O)O1. The Morgan fingerprint density at radius 1 is 1.43 bits per heavy atom. The number of cyclic esters (lactones) is 1. The molecule has 3 aromatic rings. The number of hydrogen-bond acceptors (Lipinski definition) is 6. The number of nitrogens with zero attached hydrogens (tertiary/aromatic N) is 7. The summed E-state index contributed by atoms with van der Waals surface area (Å²) < 4.78 is 26.8. The minimum Gasteiger partial charge on any atom is -0.444 e. The van der Waals surface area contributed by atoms with E-state index in [4.69, 9.17) is 14.7 Å². The molecule has 0 radical (unpaired) electrons. The number of benzene rings is 1. The van der Waals surface area contributed by atoms with Gasteiger partial charge in [0.2, 0.25) is 5.89 Å². The lowest BCUT2D eigenvalue weighted by molar-refractivity contribution is 0.145. The summed E-state index contributed by atoms with van der Waals surface area (Å²) in [7, 11) is 0. The van der Waals surface area contributed by atoms with Crippen LogP contribution < -0.4 is 4.90 Å². The molecule has 10 nitrogen and oxygen atoms in total. The van der Waals surface area contributed by atoms with Crippen LogP contribution in [0.5, 0.6) is 0 Å². The molecule has 0 unspecified atom stereocenters. The molecule has 1 saturated heterocycles. The van der Waals surface area contributed by atoms with Crippen LogP contribution in [0.2, 0.25) is 0 Å². The smallest absolute Gasteiger partial charge is 0.414 e. The third-order valence-electron chi connectivity index (χ3n) is 4.15. The average Bonchev–Trinajstić information content (AvgIpc) is 3.42. The quantitative estimate of drug-likeness (QED) is 0.367. The molecule has 0 spiro atoms. The van der Waals surface area contributed by atoms with Crippen molar-refractivity contribution < 1.29 is 18.3 Å². The predicted molar refractivity (Wildman–Crippen MR) is 94.9 cm³/mol. The highest BCUT2D eigenvalue weighted by Crippen LogP contribution is 2.29. The molecule has 1 aliphatic heterocycles. The Hall–Kier alpha value is -3.85. The van der Waals surface area contributed by atoms with E-state index in [0.717, 1.165) is 0 Å². The molecule has 11 heteroatoms. The van der Waals surface area contributed by atoms with Crippen LogP contribution in [0.4, 0.5) is 14.9 Å². The number of azide groups is 1. The first-order valence-corrected chi connectivity index (χ1v) is 8.35. The van der Waals surface area contributed by atoms with Crippen LogP contribution in [0, 0.1) is 5.82 Å². The fourth-order valence-electron chi connectivity index (χ4n) is 2.86. The van der Waals surface area contributed by atoms with E-state index in [9.17, 15) is 9.18 Å². The average molecular weight is 383 g/mol. The lowest BCUT2D eigenvalue weighted by Crippen LogP contribution is -2.25. The van der Waals surface area contributed by atoms with Crippen LogP contribution in [0.3, 0.4) is 0 Å². The molecule has 2 aromatic heterocycles. The molecule has 142 valence electrons. The number of hydrogen-bond donors (Lipinski definition) is 0. The highest BCUT2D eigenvalue weighted by atomic mass is 19.1. The van der Waals surface area contributed by atoms with Gasteiger partial charge in [-0.3, -0.25) is 9.58 Å². The van der Waals surface area contributed by atoms with Crippen molar-refractivity contribution in [3.63, 3.8) is 0 Å². The fourth-order valence-corrected chi connectivity index (χ4v) is 2.86. The van der Waals surface area contributed by atoms with Crippen molar-refractivity contribution in [2.75, 3.05) is 18.0 Å². The Bertz CT molecular complexity index is 1040. The number of amides is 1. The van der Waals surface area contributed by atoms with Gasteiger partial charge in [-0.1, -0.05) is 5.11 Å². The second-order valence-corrected chi connectivity index (χ2v) is 6.04. The van der Waals surface area contributed by atoms with E-state index < -0.39 is 18.0 Å². The van der Waals surface area contributed by atoms with E-state index in [0.29, 0.717) is 17.9 Å². The maximum absolute atomic E-state index is 14.6. The normalized spacial score (nSPS) is 16.1. The molecule has 1 amide bonds. The number of carbonyl (C=O) groups excluding carboxylic acids is 1. The third-order valence-corrected chi connectivity index (χ3v) is 4.15. The molecule has 0 N–H and O–H groups in total. The number of rotatable bonds is 6. The second kappa shape index (κ2) is 7.41. The van der Waals surface area contributed by atoms with Gasteiger partial charge in [0.15, 0.2) is 0 Å². The van der Waals surface area contributed by atoms with Crippen LogP contribution in [0.15, 0.2) is 52.5 Å². The van der Waals surface area contributed by atoms with Gasteiger partial charge in [-0.25, -0.2) is 14.2 Å². The molecule has 4 rings (SSSR count). The molecule has 0 aliphatic carbocycles. The van der Waals surface area contributed by atoms with E-state index in [1.807, 2.05) is 0 Å². The van der Waals surface area contributed by atoms with Gasteiger partial charge in [0, 0.05) is 17.3 Å². The largest absolute Gasteiger partial charge is 0.444 e. The maximum atomic E-state index is 14.6. The summed E-state index contributed by atoms with van der Waals surface area (Å²) in [4.78, 5) is 20.2. The molecule has 1 atom stereocenters. The minimum atomic E-state index is -0.622. The first-order valence-electron chi connectivity index (χ1n) is 8.35. The van der Waals surface area contributed by atoms with Crippen molar-refractivity contribution in [1.82, 2.24) is 14.8 Å². The van der Waals surface area contributed by atoms with E-state index in [1.54, 1.807) is 29.2 Å². The molecular weight excluding hydrogens is 369 g/mol. The summed E-state index contributed by atoms with van der Waals surface area (Å²) >= 11 is 0. The van der Waals surface area contributed by atoms with Crippen molar-refractivity contribution in [3.8, 4) is 11.5 Å². The number of oxazole rings is 1. The Morgan fingerprint density at radius 3 is 3.07 bits per heavy atom. The molecule has 28 heavy (non-hydrogen) atoms. The summed E-state index contributed by atoms with van der Waals surface area (Å²) in [6.07, 6.45) is 3.70. The van der Waals surface area contributed by atoms with Crippen LogP contribution in [-0.4, -0.2) is 40.1 Å². The van der Waals surface area contributed by atoms with Crippen LogP contribution >= 0.6 is 0 Å². The molecule has 1 aliphatic rings. The molecule has 1 aromatic carbocycles.